The third-order valence-electron chi connectivity index (χ3n) is 6.13. The van der Waals surface area contributed by atoms with E-state index < -0.39 is 5.95 Å². The van der Waals surface area contributed by atoms with Crippen molar-refractivity contribution in [3.8, 4) is 16.5 Å². The largest absolute Gasteiger partial charge is 0.467 e. The van der Waals surface area contributed by atoms with Crippen LogP contribution < -0.4 is 9.64 Å². The van der Waals surface area contributed by atoms with Crippen molar-refractivity contribution in [1.82, 2.24) is 24.9 Å². The van der Waals surface area contributed by atoms with Crippen molar-refractivity contribution in [2.45, 2.75) is 39.2 Å². The number of hydrogen-bond acceptors (Lipinski definition) is 8. The van der Waals surface area contributed by atoms with Gasteiger partial charge in [0, 0.05) is 43.3 Å². The van der Waals surface area contributed by atoms with E-state index in [-0.39, 0.29) is 6.10 Å². The second-order valence-corrected chi connectivity index (χ2v) is 9.20. The van der Waals surface area contributed by atoms with Gasteiger partial charge in [-0.25, -0.2) is 24.9 Å². The van der Waals surface area contributed by atoms with Gasteiger partial charge in [-0.15, -0.1) is 0 Å². The van der Waals surface area contributed by atoms with Gasteiger partial charge in [-0.2, -0.15) is 4.39 Å². The molecule has 170 valence electrons. The Hall–Kier alpha value is -3.20. The molecule has 0 aliphatic carbocycles. The number of anilines is 1. The number of nitrogens with zero attached hydrogens (tertiary/aromatic N) is 6. The molecule has 1 aliphatic heterocycles. The van der Waals surface area contributed by atoms with Crippen LogP contribution in [0.4, 0.5) is 10.3 Å². The van der Waals surface area contributed by atoms with Crippen molar-refractivity contribution in [2.75, 3.05) is 18.0 Å². The fourth-order valence-electron chi connectivity index (χ4n) is 4.09. The fourth-order valence-corrected chi connectivity index (χ4v) is 4.96. The molecule has 0 N–H and O–H groups in total. The Balaban J connectivity index is 1.22. The summed E-state index contributed by atoms with van der Waals surface area (Å²) < 4.78 is 19.7. The van der Waals surface area contributed by atoms with Crippen molar-refractivity contribution in [2.24, 2.45) is 5.92 Å². The first kappa shape index (κ1) is 21.6. The van der Waals surface area contributed by atoms with Gasteiger partial charge in [0.2, 0.25) is 11.9 Å². The number of hydrogen-bond donors (Lipinski definition) is 0. The van der Waals surface area contributed by atoms with Gasteiger partial charge in [0.15, 0.2) is 0 Å². The van der Waals surface area contributed by atoms with Crippen molar-refractivity contribution in [1.29, 1.82) is 0 Å². The monoisotopic (exact) mass is 464 g/mol. The first-order valence-corrected chi connectivity index (χ1v) is 12.0. The van der Waals surface area contributed by atoms with E-state index in [1.807, 2.05) is 24.5 Å². The molecular formula is C24H25FN6OS. The molecule has 0 radical (unpaired) electrons. The number of aryl methyl sites for hydroxylation is 1. The van der Waals surface area contributed by atoms with Crippen LogP contribution in [-0.4, -0.2) is 44.1 Å². The van der Waals surface area contributed by atoms with Crippen molar-refractivity contribution < 1.29 is 9.13 Å². The van der Waals surface area contributed by atoms with Crippen molar-refractivity contribution in [3.05, 3.63) is 54.4 Å². The van der Waals surface area contributed by atoms with Gasteiger partial charge in [-0.1, -0.05) is 18.3 Å². The smallest absolute Gasteiger partial charge is 0.276 e. The highest BCUT2D eigenvalue weighted by atomic mass is 32.1. The lowest BCUT2D eigenvalue weighted by atomic mass is 9.92. The van der Waals surface area contributed by atoms with Crippen LogP contribution in [0.25, 0.3) is 21.6 Å². The molecule has 1 unspecified atom stereocenters. The SMILES string of the molecule is CCc1cnc(N2CCC(C(C)Oc3nc4ccc(-c5ccnc(F)c5)nc4s3)CC2)nc1. The second-order valence-electron chi connectivity index (χ2n) is 8.26. The molecule has 5 heterocycles. The van der Waals surface area contributed by atoms with Gasteiger partial charge < -0.3 is 9.64 Å². The summed E-state index contributed by atoms with van der Waals surface area (Å²) in [6.45, 7) is 6.04. The number of piperidine rings is 1. The summed E-state index contributed by atoms with van der Waals surface area (Å²) in [5.74, 6) is 0.722. The zero-order chi connectivity index (χ0) is 22.8. The molecule has 9 heteroatoms. The lowest BCUT2D eigenvalue weighted by molar-refractivity contribution is 0.132. The second kappa shape index (κ2) is 9.35. The van der Waals surface area contributed by atoms with Gasteiger partial charge >= 0.3 is 0 Å². The maximum absolute atomic E-state index is 13.5. The van der Waals surface area contributed by atoms with E-state index in [0.717, 1.165) is 54.2 Å². The van der Waals surface area contributed by atoms with Crippen LogP contribution in [-0.2, 0) is 6.42 Å². The number of thiazole rings is 1. The van der Waals surface area contributed by atoms with Crippen LogP contribution in [0, 0.1) is 11.9 Å². The maximum atomic E-state index is 13.5. The maximum Gasteiger partial charge on any atom is 0.276 e. The van der Waals surface area contributed by atoms with E-state index in [9.17, 15) is 4.39 Å². The number of ether oxygens (including phenoxy) is 1. The summed E-state index contributed by atoms with van der Waals surface area (Å²) in [7, 11) is 0. The minimum Gasteiger partial charge on any atom is -0.467 e. The van der Waals surface area contributed by atoms with Crippen LogP contribution >= 0.6 is 11.3 Å². The van der Waals surface area contributed by atoms with Gasteiger partial charge in [-0.05, 0) is 55.9 Å². The third kappa shape index (κ3) is 4.78. The molecule has 4 aromatic rings. The number of halogens is 1. The van der Waals surface area contributed by atoms with E-state index in [1.54, 1.807) is 6.07 Å². The average molecular weight is 465 g/mol. The van der Waals surface area contributed by atoms with E-state index >= 15 is 0 Å². The molecule has 0 saturated carbocycles. The molecule has 0 bridgehead atoms. The molecule has 1 atom stereocenters. The van der Waals surface area contributed by atoms with Gasteiger partial charge in [0.05, 0.1) is 5.69 Å². The van der Waals surface area contributed by atoms with Gasteiger partial charge in [-0.3, -0.25) is 0 Å². The zero-order valence-corrected chi connectivity index (χ0v) is 19.4. The number of aromatic nitrogens is 5. The topological polar surface area (TPSA) is 76.9 Å². The molecule has 5 rings (SSSR count). The Kier molecular flexibility index (Phi) is 6.13. The minimum atomic E-state index is -0.521. The number of pyridine rings is 2. The van der Waals surface area contributed by atoms with Crippen LogP contribution in [0.1, 0.15) is 32.3 Å². The molecule has 0 amide bonds. The predicted molar refractivity (Wildman–Crippen MR) is 127 cm³/mol. The molecule has 1 fully saturated rings. The third-order valence-corrected chi connectivity index (χ3v) is 6.99. The Morgan fingerprint density at radius 1 is 1.12 bits per heavy atom. The van der Waals surface area contributed by atoms with Crippen LogP contribution in [0.2, 0.25) is 0 Å². The van der Waals surface area contributed by atoms with Crippen LogP contribution in [0.3, 0.4) is 0 Å². The van der Waals surface area contributed by atoms with Gasteiger partial charge in [0.1, 0.15) is 16.5 Å². The number of rotatable bonds is 6. The Morgan fingerprint density at radius 3 is 2.64 bits per heavy atom. The first-order valence-electron chi connectivity index (χ1n) is 11.2. The molecule has 1 aliphatic rings. The summed E-state index contributed by atoms with van der Waals surface area (Å²) in [6.07, 6.45) is 8.29. The van der Waals surface area contributed by atoms with Crippen LogP contribution in [0.5, 0.6) is 5.19 Å². The summed E-state index contributed by atoms with van der Waals surface area (Å²) in [5.41, 5.74) is 3.31. The molecule has 0 spiro atoms. The average Bonchev–Trinajstić information content (AvgIpc) is 3.25. The van der Waals surface area contributed by atoms with Crippen LogP contribution in [0.15, 0.2) is 42.9 Å². The molecular weight excluding hydrogens is 439 g/mol. The summed E-state index contributed by atoms with van der Waals surface area (Å²) in [5, 5.41) is 0.615. The lowest BCUT2D eigenvalue weighted by Gasteiger charge is -2.34. The zero-order valence-electron chi connectivity index (χ0n) is 18.6. The first-order chi connectivity index (χ1) is 16.1. The van der Waals surface area contributed by atoms with Crippen molar-refractivity contribution >= 4 is 27.6 Å². The molecule has 33 heavy (non-hydrogen) atoms. The Morgan fingerprint density at radius 2 is 1.91 bits per heavy atom. The molecule has 4 aromatic heterocycles. The molecule has 1 saturated heterocycles. The highest BCUT2D eigenvalue weighted by Crippen LogP contribution is 2.32. The summed E-state index contributed by atoms with van der Waals surface area (Å²) in [4.78, 5) is 24.9. The van der Waals surface area contributed by atoms with Gasteiger partial charge in [0.25, 0.3) is 5.19 Å². The van der Waals surface area contributed by atoms with E-state index in [0.29, 0.717) is 22.4 Å². The Bertz CT molecular complexity index is 1240. The standard InChI is InChI=1S/C24H25FN6OS/c1-3-16-13-27-23(28-14-16)31-10-7-17(8-11-31)15(2)32-24-30-20-5-4-19(29-22(20)33-24)18-6-9-26-21(25)12-18/h4-6,9,12-15,17H,3,7-8,10-11H2,1-2H3. The van der Waals surface area contributed by atoms with E-state index in [2.05, 4.69) is 43.7 Å². The highest BCUT2D eigenvalue weighted by molar-refractivity contribution is 7.19. The van der Waals surface area contributed by atoms with E-state index in [4.69, 9.17) is 4.74 Å². The normalized spacial score (nSPS) is 15.7. The summed E-state index contributed by atoms with van der Waals surface area (Å²) >= 11 is 1.42. The predicted octanol–water partition coefficient (Wildman–Crippen LogP) is 4.93. The lowest BCUT2D eigenvalue weighted by Crippen LogP contribution is -2.39. The van der Waals surface area contributed by atoms with E-state index in [1.165, 1.54) is 23.6 Å². The number of fused-ring (bicyclic) bond motifs is 1. The van der Waals surface area contributed by atoms with Crippen molar-refractivity contribution in [3.63, 3.8) is 0 Å². The minimum absolute atomic E-state index is 0.0462. The Labute approximate surface area is 195 Å². The summed E-state index contributed by atoms with van der Waals surface area (Å²) in [6, 6.07) is 6.86. The molecule has 7 nitrogen and oxygen atoms in total. The fraction of sp³-hybridized carbons (Fsp3) is 0.375. The highest BCUT2D eigenvalue weighted by Gasteiger charge is 2.27. The quantitative estimate of drug-likeness (QED) is 0.375. The molecule has 0 aromatic carbocycles.